The van der Waals surface area contributed by atoms with E-state index in [0.29, 0.717) is 0 Å². The Labute approximate surface area is 320 Å². The molecular formula is C52H39NS. The van der Waals surface area contributed by atoms with Crippen LogP contribution in [0.25, 0.3) is 64.3 Å². The first-order valence-corrected chi connectivity index (χ1v) is 19.8. The van der Waals surface area contributed by atoms with Crippen molar-refractivity contribution >= 4 is 59.3 Å². The van der Waals surface area contributed by atoms with Gasteiger partial charge < -0.3 is 4.90 Å². The summed E-state index contributed by atoms with van der Waals surface area (Å²) in [5.74, 6) is 0. The summed E-state index contributed by atoms with van der Waals surface area (Å²) in [6.07, 6.45) is 0. The number of hydrogen-bond donors (Lipinski definition) is 0. The minimum Gasteiger partial charge on any atom is -0.309 e. The molecule has 2 heteroatoms. The SMILES string of the molecule is CC1(C)c2ccccc2-c2ccc(N(c3ccc(-c4ccc5cccc6c5c4-c4ccccc4C6(C)C)cc3)c3cccc4c3sc3ccccc34)cc21. The van der Waals surface area contributed by atoms with E-state index in [4.69, 9.17) is 0 Å². The van der Waals surface area contributed by atoms with Crippen molar-refractivity contribution in [2.75, 3.05) is 4.90 Å². The number of rotatable bonds is 4. The maximum atomic E-state index is 2.49. The first kappa shape index (κ1) is 31.6. The van der Waals surface area contributed by atoms with Crippen LogP contribution in [0.1, 0.15) is 49.9 Å². The Kier molecular flexibility index (Phi) is 6.59. The van der Waals surface area contributed by atoms with Gasteiger partial charge in [-0.3, -0.25) is 0 Å². The van der Waals surface area contributed by atoms with Crippen LogP contribution in [-0.2, 0) is 10.8 Å². The van der Waals surface area contributed by atoms with Crippen molar-refractivity contribution in [3.8, 4) is 33.4 Å². The van der Waals surface area contributed by atoms with Crippen LogP contribution in [0.5, 0.6) is 0 Å². The van der Waals surface area contributed by atoms with Crippen LogP contribution in [0.2, 0.25) is 0 Å². The third-order valence-electron chi connectivity index (χ3n) is 12.5. The van der Waals surface area contributed by atoms with Crippen LogP contribution in [0.4, 0.5) is 17.1 Å². The Hall–Kier alpha value is -5.96. The van der Waals surface area contributed by atoms with Crippen LogP contribution in [0.3, 0.4) is 0 Å². The average Bonchev–Trinajstić information content (AvgIpc) is 3.70. The molecule has 0 amide bonds. The molecule has 8 aromatic carbocycles. The van der Waals surface area contributed by atoms with Gasteiger partial charge in [-0.05, 0) is 103 Å². The highest BCUT2D eigenvalue weighted by molar-refractivity contribution is 7.26. The zero-order valence-corrected chi connectivity index (χ0v) is 31.8. The highest BCUT2D eigenvalue weighted by atomic mass is 32.1. The largest absolute Gasteiger partial charge is 0.309 e. The van der Waals surface area contributed by atoms with Crippen molar-refractivity contribution in [3.63, 3.8) is 0 Å². The van der Waals surface area contributed by atoms with Crippen molar-refractivity contribution in [1.29, 1.82) is 0 Å². The lowest BCUT2D eigenvalue weighted by molar-refractivity contribution is 0.645. The Balaban J connectivity index is 1.11. The molecule has 258 valence electrons. The molecule has 2 aliphatic carbocycles. The molecule has 0 bridgehead atoms. The van der Waals surface area contributed by atoms with E-state index in [0.717, 1.165) is 5.69 Å². The van der Waals surface area contributed by atoms with Gasteiger partial charge in [0, 0.05) is 37.7 Å². The molecule has 0 fully saturated rings. The second-order valence-electron chi connectivity index (χ2n) is 16.1. The molecule has 0 saturated carbocycles. The standard InChI is InChI=1S/C52H39NS/c1-51(2)43-19-9-6-16-41(43)49-36(29-25-33-13-11-20-44(51)48(33)49)32-23-26-34(27-24-32)53(46-21-12-17-40-39-15-7-10-22-47(39)54-50(40)46)35-28-30-38-37-14-5-8-18-42(37)52(3,4)45(38)31-35/h5-31H,1-4H3. The topological polar surface area (TPSA) is 3.24 Å². The predicted octanol–water partition coefficient (Wildman–Crippen LogP) is 15.0. The van der Waals surface area contributed by atoms with Crippen LogP contribution in [0, 0.1) is 0 Å². The van der Waals surface area contributed by atoms with Gasteiger partial charge in [0.05, 0.1) is 10.4 Å². The maximum absolute atomic E-state index is 2.49. The zero-order chi connectivity index (χ0) is 36.3. The van der Waals surface area contributed by atoms with Crippen LogP contribution < -0.4 is 4.90 Å². The molecule has 0 N–H and O–H groups in total. The van der Waals surface area contributed by atoms with Gasteiger partial charge in [0.25, 0.3) is 0 Å². The van der Waals surface area contributed by atoms with Gasteiger partial charge in [-0.1, -0.05) is 155 Å². The second-order valence-corrected chi connectivity index (χ2v) is 17.1. The molecule has 0 radical (unpaired) electrons. The highest BCUT2D eigenvalue weighted by Gasteiger charge is 2.37. The molecule has 0 atom stereocenters. The minimum absolute atomic E-state index is 0.0779. The van der Waals surface area contributed by atoms with Crippen molar-refractivity contribution in [2.24, 2.45) is 0 Å². The summed E-state index contributed by atoms with van der Waals surface area (Å²) in [4.78, 5) is 2.49. The minimum atomic E-state index is -0.0950. The fraction of sp³-hybridized carbons (Fsp3) is 0.115. The third kappa shape index (κ3) is 4.32. The lowest BCUT2D eigenvalue weighted by atomic mass is 9.67. The van der Waals surface area contributed by atoms with Crippen molar-refractivity contribution in [3.05, 3.63) is 186 Å². The van der Waals surface area contributed by atoms with Crippen molar-refractivity contribution in [2.45, 2.75) is 38.5 Å². The molecule has 1 aromatic heterocycles. The van der Waals surface area contributed by atoms with Gasteiger partial charge in [0.15, 0.2) is 0 Å². The first-order chi connectivity index (χ1) is 26.3. The van der Waals surface area contributed by atoms with E-state index in [1.807, 2.05) is 11.3 Å². The van der Waals surface area contributed by atoms with E-state index in [1.54, 1.807) is 0 Å². The van der Waals surface area contributed by atoms with Gasteiger partial charge in [-0.2, -0.15) is 0 Å². The maximum Gasteiger partial charge on any atom is 0.0640 e. The lowest BCUT2D eigenvalue weighted by Gasteiger charge is -2.36. The zero-order valence-electron chi connectivity index (χ0n) is 30.9. The number of nitrogens with zero attached hydrogens (tertiary/aromatic N) is 1. The number of benzene rings is 8. The first-order valence-electron chi connectivity index (χ1n) is 19.0. The summed E-state index contributed by atoms with van der Waals surface area (Å²) in [5.41, 5.74) is 16.8. The van der Waals surface area contributed by atoms with Crippen molar-refractivity contribution in [1.82, 2.24) is 0 Å². The van der Waals surface area contributed by atoms with E-state index in [1.165, 1.54) is 98.0 Å². The Morgan fingerprint density at radius 1 is 0.444 bits per heavy atom. The molecule has 0 aliphatic heterocycles. The van der Waals surface area contributed by atoms with Crippen LogP contribution in [-0.4, -0.2) is 0 Å². The Morgan fingerprint density at radius 3 is 1.89 bits per heavy atom. The summed E-state index contributed by atoms with van der Waals surface area (Å²) < 4.78 is 2.62. The molecule has 0 unspecified atom stereocenters. The third-order valence-corrected chi connectivity index (χ3v) is 13.7. The molecule has 0 saturated heterocycles. The predicted molar refractivity (Wildman–Crippen MR) is 232 cm³/mol. The average molecular weight is 710 g/mol. The molecule has 0 spiro atoms. The molecular weight excluding hydrogens is 671 g/mol. The van der Waals surface area contributed by atoms with E-state index in [9.17, 15) is 0 Å². The summed E-state index contributed by atoms with van der Waals surface area (Å²) in [5, 5.41) is 5.29. The molecule has 11 rings (SSSR count). The van der Waals surface area contributed by atoms with E-state index < -0.39 is 0 Å². The second kappa shape index (κ2) is 11.3. The van der Waals surface area contributed by atoms with Crippen LogP contribution in [0.15, 0.2) is 164 Å². The van der Waals surface area contributed by atoms with E-state index in [-0.39, 0.29) is 10.8 Å². The van der Waals surface area contributed by atoms with Gasteiger partial charge in [0.2, 0.25) is 0 Å². The number of fused-ring (bicyclic) bond motifs is 8. The molecule has 54 heavy (non-hydrogen) atoms. The normalized spacial score (nSPS) is 14.6. The number of thiophene rings is 1. The molecule has 9 aromatic rings. The Morgan fingerprint density at radius 2 is 1.06 bits per heavy atom. The number of anilines is 3. The summed E-state index contributed by atoms with van der Waals surface area (Å²) in [6, 6.07) is 61.5. The van der Waals surface area contributed by atoms with Gasteiger partial charge in [-0.25, -0.2) is 0 Å². The highest BCUT2D eigenvalue weighted by Crippen LogP contribution is 2.54. The van der Waals surface area contributed by atoms with Gasteiger partial charge >= 0.3 is 0 Å². The van der Waals surface area contributed by atoms with E-state index >= 15 is 0 Å². The summed E-state index contributed by atoms with van der Waals surface area (Å²) in [7, 11) is 0. The van der Waals surface area contributed by atoms with Gasteiger partial charge in [0.1, 0.15) is 0 Å². The summed E-state index contributed by atoms with van der Waals surface area (Å²) >= 11 is 1.89. The lowest BCUT2D eigenvalue weighted by Crippen LogP contribution is -2.23. The van der Waals surface area contributed by atoms with E-state index in [2.05, 4.69) is 196 Å². The fourth-order valence-electron chi connectivity index (χ4n) is 9.77. The molecule has 1 nitrogen and oxygen atoms in total. The van der Waals surface area contributed by atoms with Crippen LogP contribution >= 0.6 is 11.3 Å². The molecule has 1 heterocycles. The molecule has 2 aliphatic rings. The smallest absolute Gasteiger partial charge is 0.0640 e. The quantitative estimate of drug-likeness (QED) is 0.176. The van der Waals surface area contributed by atoms with Crippen molar-refractivity contribution < 1.29 is 0 Å². The monoisotopic (exact) mass is 709 g/mol. The number of hydrogen-bond acceptors (Lipinski definition) is 2. The Bertz CT molecular complexity index is 3000. The van der Waals surface area contributed by atoms with Gasteiger partial charge in [-0.15, -0.1) is 11.3 Å². The summed E-state index contributed by atoms with van der Waals surface area (Å²) in [6.45, 7) is 9.48. The fourth-order valence-corrected chi connectivity index (χ4v) is 11.0.